The lowest BCUT2D eigenvalue weighted by Crippen LogP contribution is -2.55. The van der Waals surface area contributed by atoms with Gasteiger partial charge in [-0.3, -0.25) is 19.4 Å². The number of rotatable bonds is 8. The van der Waals surface area contributed by atoms with Gasteiger partial charge in [-0.1, -0.05) is 19.1 Å². The molecule has 1 fully saturated rings. The van der Waals surface area contributed by atoms with Gasteiger partial charge in [0.25, 0.3) is 0 Å². The number of hydrogen-bond donors (Lipinski definition) is 2. The van der Waals surface area contributed by atoms with Crippen LogP contribution in [0.3, 0.4) is 0 Å². The number of carbonyl (C=O) groups is 2. The van der Waals surface area contributed by atoms with Crippen LogP contribution in [-0.2, 0) is 16.1 Å². The van der Waals surface area contributed by atoms with Crippen molar-refractivity contribution in [2.24, 2.45) is 0 Å². The standard InChI is InChI=1S/C20H31FN4O2/c1-4-15(2)23-19(26)14-24-9-11-25(12-10-24)16(3)20(27)22-13-17-5-7-18(21)8-6-17/h5-8,15-16H,4,9-14H2,1-3H3,(H,22,27)(H,23,26). The molecule has 0 saturated carbocycles. The fourth-order valence-electron chi connectivity index (χ4n) is 3.04. The minimum atomic E-state index is -0.283. The maximum absolute atomic E-state index is 12.9. The molecule has 6 nitrogen and oxygen atoms in total. The lowest BCUT2D eigenvalue weighted by Gasteiger charge is -2.37. The van der Waals surface area contributed by atoms with Gasteiger partial charge in [0.05, 0.1) is 12.6 Å². The second-order valence-electron chi connectivity index (χ2n) is 7.21. The minimum absolute atomic E-state index is 0.0395. The predicted molar refractivity (Wildman–Crippen MR) is 104 cm³/mol. The van der Waals surface area contributed by atoms with E-state index in [-0.39, 0.29) is 29.7 Å². The summed E-state index contributed by atoms with van der Waals surface area (Å²) >= 11 is 0. The van der Waals surface area contributed by atoms with Crippen LogP contribution in [0, 0.1) is 5.82 Å². The normalized spacial score (nSPS) is 17.9. The highest BCUT2D eigenvalue weighted by atomic mass is 19.1. The third-order valence-electron chi connectivity index (χ3n) is 5.10. The van der Waals surface area contributed by atoms with E-state index in [9.17, 15) is 14.0 Å². The Labute approximate surface area is 161 Å². The van der Waals surface area contributed by atoms with E-state index in [1.165, 1.54) is 12.1 Å². The van der Waals surface area contributed by atoms with Gasteiger partial charge in [-0.25, -0.2) is 4.39 Å². The zero-order valence-electron chi connectivity index (χ0n) is 16.5. The number of nitrogens with one attached hydrogen (secondary N) is 2. The molecule has 0 aliphatic carbocycles. The molecule has 1 aromatic rings. The molecule has 1 saturated heterocycles. The minimum Gasteiger partial charge on any atom is -0.353 e. The highest BCUT2D eigenvalue weighted by Crippen LogP contribution is 2.08. The summed E-state index contributed by atoms with van der Waals surface area (Å²) in [6.07, 6.45) is 0.921. The van der Waals surface area contributed by atoms with Crippen molar-refractivity contribution in [1.82, 2.24) is 20.4 Å². The number of carbonyl (C=O) groups excluding carboxylic acids is 2. The van der Waals surface area contributed by atoms with Crippen LogP contribution in [0.1, 0.15) is 32.8 Å². The van der Waals surface area contributed by atoms with Crippen molar-refractivity contribution < 1.29 is 14.0 Å². The molecule has 1 aliphatic rings. The molecular formula is C20H31FN4O2. The molecule has 0 spiro atoms. The molecule has 2 N–H and O–H groups in total. The van der Waals surface area contributed by atoms with Gasteiger partial charge < -0.3 is 10.6 Å². The van der Waals surface area contributed by atoms with Gasteiger partial charge in [0.15, 0.2) is 0 Å². The first kappa shape index (κ1) is 21.3. The van der Waals surface area contributed by atoms with E-state index in [2.05, 4.69) is 20.4 Å². The molecule has 7 heteroatoms. The van der Waals surface area contributed by atoms with E-state index < -0.39 is 0 Å². The summed E-state index contributed by atoms with van der Waals surface area (Å²) < 4.78 is 12.9. The Morgan fingerprint density at radius 2 is 1.74 bits per heavy atom. The van der Waals surface area contributed by atoms with Gasteiger partial charge in [-0.2, -0.15) is 0 Å². The van der Waals surface area contributed by atoms with Gasteiger partial charge in [0.2, 0.25) is 11.8 Å². The van der Waals surface area contributed by atoms with Gasteiger partial charge in [0.1, 0.15) is 5.82 Å². The van der Waals surface area contributed by atoms with Crippen LogP contribution in [0.25, 0.3) is 0 Å². The van der Waals surface area contributed by atoms with Crippen LogP contribution in [0.5, 0.6) is 0 Å². The zero-order chi connectivity index (χ0) is 19.8. The molecule has 27 heavy (non-hydrogen) atoms. The smallest absolute Gasteiger partial charge is 0.237 e. The Kier molecular flexibility index (Phi) is 8.19. The molecule has 2 amide bonds. The summed E-state index contributed by atoms with van der Waals surface area (Å²) in [6.45, 7) is 9.78. The lowest BCUT2D eigenvalue weighted by molar-refractivity contribution is -0.128. The summed E-state index contributed by atoms with van der Waals surface area (Å²) in [4.78, 5) is 28.6. The van der Waals surface area contributed by atoms with E-state index in [0.29, 0.717) is 13.1 Å². The fourth-order valence-corrected chi connectivity index (χ4v) is 3.04. The van der Waals surface area contributed by atoms with Crippen molar-refractivity contribution >= 4 is 11.8 Å². The molecule has 0 bridgehead atoms. The van der Waals surface area contributed by atoms with E-state index in [0.717, 1.165) is 38.2 Å². The average Bonchev–Trinajstić information content (AvgIpc) is 2.67. The summed E-state index contributed by atoms with van der Waals surface area (Å²) in [7, 11) is 0. The predicted octanol–water partition coefficient (Wildman–Crippen LogP) is 1.36. The van der Waals surface area contributed by atoms with Gasteiger partial charge in [0, 0.05) is 38.8 Å². The van der Waals surface area contributed by atoms with E-state index in [1.54, 1.807) is 12.1 Å². The SMILES string of the molecule is CCC(C)NC(=O)CN1CCN(C(C)C(=O)NCc2ccc(F)cc2)CC1. The van der Waals surface area contributed by atoms with Crippen LogP contribution in [0.4, 0.5) is 4.39 Å². The maximum atomic E-state index is 12.9. The fraction of sp³-hybridized carbons (Fsp3) is 0.600. The number of halogens is 1. The number of amides is 2. The molecule has 0 aromatic heterocycles. The van der Waals surface area contributed by atoms with Gasteiger partial charge >= 0.3 is 0 Å². The van der Waals surface area contributed by atoms with Crippen LogP contribution >= 0.6 is 0 Å². The first-order chi connectivity index (χ1) is 12.9. The van der Waals surface area contributed by atoms with Crippen molar-refractivity contribution in [3.63, 3.8) is 0 Å². The Bertz CT molecular complexity index is 615. The number of hydrogen-bond acceptors (Lipinski definition) is 4. The Balaban J connectivity index is 1.71. The topological polar surface area (TPSA) is 64.7 Å². The first-order valence-corrected chi connectivity index (χ1v) is 9.67. The highest BCUT2D eigenvalue weighted by molar-refractivity contribution is 5.81. The van der Waals surface area contributed by atoms with Crippen molar-refractivity contribution in [3.05, 3.63) is 35.6 Å². The van der Waals surface area contributed by atoms with Gasteiger partial charge in [-0.05, 0) is 38.0 Å². The quantitative estimate of drug-likeness (QED) is 0.717. The van der Waals surface area contributed by atoms with E-state index in [4.69, 9.17) is 0 Å². The maximum Gasteiger partial charge on any atom is 0.237 e. The molecule has 2 atom stereocenters. The van der Waals surface area contributed by atoms with Crippen LogP contribution in [-0.4, -0.2) is 66.4 Å². The average molecular weight is 378 g/mol. The molecular weight excluding hydrogens is 347 g/mol. The summed E-state index contributed by atoms with van der Waals surface area (Å²) in [6, 6.07) is 6.08. The highest BCUT2D eigenvalue weighted by Gasteiger charge is 2.26. The Morgan fingerprint density at radius 3 is 2.33 bits per heavy atom. The first-order valence-electron chi connectivity index (χ1n) is 9.67. The van der Waals surface area contributed by atoms with Crippen molar-refractivity contribution in [2.75, 3.05) is 32.7 Å². The molecule has 1 aromatic carbocycles. The summed E-state index contributed by atoms with van der Waals surface area (Å²) in [5.41, 5.74) is 0.870. The summed E-state index contributed by atoms with van der Waals surface area (Å²) in [5.74, 6) is -0.265. The summed E-state index contributed by atoms with van der Waals surface area (Å²) in [5, 5.41) is 5.89. The molecule has 2 unspecified atom stereocenters. The third kappa shape index (κ3) is 6.92. The molecule has 2 rings (SSSR count). The van der Waals surface area contributed by atoms with Crippen LogP contribution < -0.4 is 10.6 Å². The zero-order valence-corrected chi connectivity index (χ0v) is 16.5. The second-order valence-corrected chi connectivity index (χ2v) is 7.21. The van der Waals surface area contributed by atoms with Gasteiger partial charge in [-0.15, -0.1) is 0 Å². The number of piperazine rings is 1. The third-order valence-corrected chi connectivity index (χ3v) is 5.10. The van der Waals surface area contributed by atoms with Crippen molar-refractivity contribution in [2.45, 2.75) is 45.8 Å². The van der Waals surface area contributed by atoms with E-state index >= 15 is 0 Å². The molecule has 150 valence electrons. The monoisotopic (exact) mass is 378 g/mol. The van der Waals surface area contributed by atoms with Crippen LogP contribution in [0.15, 0.2) is 24.3 Å². The number of nitrogens with zero attached hydrogens (tertiary/aromatic N) is 2. The van der Waals surface area contributed by atoms with Crippen molar-refractivity contribution in [1.29, 1.82) is 0 Å². The van der Waals surface area contributed by atoms with E-state index in [1.807, 2.05) is 20.8 Å². The Morgan fingerprint density at radius 1 is 1.11 bits per heavy atom. The molecule has 0 radical (unpaired) electrons. The molecule has 1 aliphatic heterocycles. The van der Waals surface area contributed by atoms with Crippen LogP contribution in [0.2, 0.25) is 0 Å². The molecule has 1 heterocycles. The van der Waals surface area contributed by atoms with Crippen molar-refractivity contribution in [3.8, 4) is 0 Å². The second kappa shape index (κ2) is 10.4. The number of benzene rings is 1. The Hall–Kier alpha value is -1.99. The largest absolute Gasteiger partial charge is 0.353 e. The lowest BCUT2D eigenvalue weighted by atomic mass is 10.2.